The molecule has 2 aromatic carbocycles. The summed E-state index contributed by atoms with van der Waals surface area (Å²) < 4.78 is 14.2. The van der Waals surface area contributed by atoms with Crippen LogP contribution >= 0.6 is 0 Å². The Morgan fingerprint density at radius 2 is 1.85 bits per heavy atom. The van der Waals surface area contributed by atoms with E-state index in [2.05, 4.69) is 6.92 Å². The molecule has 106 valence electrons. The number of aliphatic hydroxyl groups is 1. The molecule has 0 heterocycles. The molecule has 0 aromatic heterocycles. The van der Waals surface area contributed by atoms with Crippen LogP contribution in [0.2, 0.25) is 0 Å². The fourth-order valence-corrected chi connectivity index (χ4v) is 2.18. The zero-order chi connectivity index (χ0) is 14.4. The van der Waals surface area contributed by atoms with Gasteiger partial charge in [0.05, 0.1) is 12.3 Å². The molecule has 2 nitrogen and oxygen atoms in total. The standard InChI is InChI=1S/C17H20FNO/c1-2-3-11-19(15-7-5-4-6-8-15)17-10-9-14(13-20)12-16(17)18/h4-10,12,20H,2-3,11,13H2,1H3. The molecule has 0 aliphatic rings. The fourth-order valence-electron chi connectivity index (χ4n) is 2.18. The molecular formula is C17H20FNO. The predicted octanol–water partition coefficient (Wildman–Crippen LogP) is 4.26. The topological polar surface area (TPSA) is 23.5 Å². The predicted molar refractivity (Wildman–Crippen MR) is 80.7 cm³/mol. The minimum Gasteiger partial charge on any atom is -0.392 e. The second-order valence-electron chi connectivity index (χ2n) is 4.78. The Labute approximate surface area is 119 Å². The number of anilines is 2. The molecule has 0 radical (unpaired) electrons. The third-order valence-corrected chi connectivity index (χ3v) is 3.29. The smallest absolute Gasteiger partial charge is 0.147 e. The van der Waals surface area contributed by atoms with E-state index in [1.54, 1.807) is 12.1 Å². The van der Waals surface area contributed by atoms with Crippen molar-refractivity contribution >= 4 is 11.4 Å². The molecule has 3 heteroatoms. The maximum absolute atomic E-state index is 14.2. The van der Waals surface area contributed by atoms with Gasteiger partial charge >= 0.3 is 0 Å². The average molecular weight is 273 g/mol. The van der Waals surface area contributed by atoms with Crippen molar-refractivity contribution in [2.45, 2.75) is 26.4 Å². The van der Waals surface area contributed by atoms with Crippen LogP contribution in [0, 0.1) is 5.82 Å². The van der Waals surface area contributed by atoms with Crippen LogP contribution in [-0.4, -0.2) is 11.7 Å². The lowest BCUT2D eigenvalue weighted by Crippen LogP contribution is -2.19. The highest BCUT2D eigenvalue weighted by atomic mass is 19.1. The molecule has 0 aliphatic carbocycles. The van der Waals surface area contributed by atoms with Crippen LogP contribution in [0.4, 0.5) is 15.8 Å². The van der Waals surface area contributed by atoms with E-state index >= 15 is 0 Å². The number of aliphatic hydroxyl groups excluding tert-OH is 1. The number of para-hydroxylation sites is 1. The highest BCUT2D eigenvalue weighted by molar-refractivity contribution is 5.64. The lowest BCUT2D eigenvalue weighted by atomic mass is 10.1. The molecule has 0 fully saturated rings. The van der Waals surface area contributed by atoms with E-state index < -0.39 is 0 Å². The Bertz CT molecular complexity index is 542. The average Bonchev–Trinajstić information content (AvgIpc) is 2.50. The molecule has 0 aliphatic heterocycles. The lowest BCUT2D eigenvalue weighted by molar-refractivity contribution is 0.281. The summed E-state index contributed by atoms with van der Waals surface area (Å²) in [4.78, 5) is 1.99. The van der Waals surface area contributed by atoms with Crippen LogP contribution in [0.25, 0.3) is 0 Å². The summed E-state index contributed by atoms with van der Waals surface area (Å²) in [6.45, 7) is 2.75. The second kappa shape index (κ2) is 7.06. The Morgan fingerprint density at radius 3 is 2.45 bits per heavy atom. The van der Waals surface area contributed by atoms with E-state index in [0.717, 1.165) is 25.1 Å². The highest BCUT2D eigenvalue weighted by Gasteiger charge is 2.13. The van der Waals surface area contributed by atoms with Gasteiger partial charge in [0.1, 0.15) is 5.82 Å². The van der Waals surface area contributed by atoms with E-state index in [1.165, 1.54) is 6.07 Å². The number of hydrogen-bond acceptors (Lipinski definition) is 2. The zero-order valence-corrected chi connectivity index (χ0v) is 11.7. The van der Waals surface area contributed by atoms with Crippen LogP contribution in [0.3, 0.4) is 0 Å². The summed E-state index contributed by atoms with van der Waals surface area (Å²) in [7, 11) is 0. The molecule has 2 aromatic rings. The number of unbranched alkanes of at least 4 members (excludes halogenated alkanes) is 1. The van der Waals surface area contributed by atoms with Gasteiger partial charge in [-0.1, -0.05) is 37.6 Å². The van der Waals surface area contributed by atoms with Crippen molar-refractivity contribution in [2.75, 3.05) is 11.4 Å². The van der Waals surface area contributed by atoms with Gasteiger partial charge in [-0.15, -0.1) is 0 Å². The Hall–Kier alpha value is -1.87. The molecule has 0 saturated carbocycles. The van der Waals surface area contributed by atoms with Gasteiger partial charge in [0.2, 0.25) is 0 Å². The van der Waals surface area contributed by atoms with Crippen LogP contribution in [0.1, 0.15) is 25.3 Å². The van der Waals surface area contributed by atoms with Crippen molar-refractivity contribution in [2.24, 2.45) is 0 Å². The number of benzene rings is 2. The quantitative estimate of drug-likeness (QED) is 0.850. The first-order valence-corrected chi connectivity index (χ1v) is 6.98. The van der Waals surface area contributed by atoms with Crippen LogP contribution in [-0.2, 0) is 6.61 Å². The molecule has 0 atom stereocenters. The summed E-state index contributed by atoms with van der Waals surface area (Å²) in [6.07, 6.45) is 2.05. The van der Waals surface area contributed by atoms with Gasteiger partial charge in [0, 0.05) is 12.2 Å². The van der Waals surface area contributed by atoms with Crippen molar-refractivity contribution in [3.05, 3.63) is 59.9 Å². The third kappa shape index (κ3) is 3.36. The van der Waals surface area contributed by atoms with Gasteiger partial charge in [0.15, 0.2) is 0 Å². The molecule has 0 amide bonds. The summed E-state index contributed by atoms with van der Waals surface area (Å²) in [6, 6.07) is 14.7. The molecule has 0 bridgehead atoms. The largest absolute Gasteiger partial charge is 0.392 e. The lowest BCUT2D eigenvalue weighted by Gasteiger charge is -2.25. The minimum atomic E-state index is -0.295. The number of nitrogens with zero attached hydrogens (tertiary/aromatic N) is 1. The third-order valence-electron chi connectivity index (χ3n) is 3.29. The van der Waals surface area contributed by atoms with Gasteiger partial charge in [-0.05, 0) is 36.2 Å². The molecular weight excluding hydrogens is 253 g/mol. The van der Waals surface area contributed by atoms with E-state index in [4.69, 9.17) is 5.11 Å². The highest BCUT2D eigenvalue weighted by Crippen LogP contribution is 2.28. The van der Waals surface area contributed by atoms with E-state index in [1.807, 2.05) is 35.2 Å². The molecule has 1 N–H and O–H groups in total. The minimum absolute atomic E-state index is 0.141. The molecule has 0 spiro atoms. The van der Waals surface area contributed by atoms with Gasteiger partial charge in [0.25, 0.3) is 0 Å². The van der Waals surface area contributed by atoms with Crippen LogP contribution in [0.5, 0.6) is 0 Å². The van der Waals surface area contributed by atoms with E-state index in [9.17, 15) is 4.39 Å². The monoisotopic (exact) mass is 273 g/mol. The van der Waals surface area contributed by atoms with Gasteiger partial charge in [-0.3, -0.25) is 0 Å². The Morgan fingerprint density at radius 1 is 1.10 bits per heavy atom. The number of hydrogen-bond donors (Lipinski definition) is 1. The number of rotatable bonds is 6. The van der Waals surface area contributed by atoms with Gasteiger partial charge in [-0.2, -0.15) is 0 Å². The van der Waals surface area contributed by atoms with Crippen LogP contribution in [0.15, 0.2) is 48.5 Å². The first-order valence-electron chi connectivity index (χ1n) is 6.98. The Balaban J connectivity index is 2.36. The summed E-state index contributed by atoms with van der Waals surface area (Å²) >= 11 is 0. The van der Waals surface area contributed by atoms with E-state index in [-0.39, 0.29) is 12.4 Å². The SMILES string of the molecule is CCCCN(c1ccccc1)c1ccc(CO)cc1F. The zero-order valence-electron chi connectivity index (χ0n) is 11.7. The molecule has 2 rings (SSSR count). The van der Waals surface area contributed by atoms with Crippen molar-refractivity contribution in [1.82, 2.24) is 0 Å². The molecule has 20 heavy (non-hydrogen) atoms. The van der Waals surface area contributed by atoms with Gasteiger partial charge in [-0.25, -0.2) is 4.39 Å². The first-order chi connectivity index (χ1) is 9.76. The molecule has 0 saturated heterocycles. The second-order valence-corrected chi connectivity index (χ2v) is 4.78. The van der Waals surface area contributed by atoms with Crippen molar-refractivity contribution in [3.63, 3.8) is 0 Å². The Kier molecular flexibility index (Phi) is 5.13. The first kappa shape index (κ1) is 14.5. The van der Waals surface area contributed by atoms with Crippen molar-refractivity contribution in [3.8, 4) is 0 Å². The normalized spacial score (nSPS) is 10.6. The molecule has 0 unspecified atom stereocenters. The number of halogens is 1. The van der Waals surface area contributed by atoms with Crippen molar-refractivity contribution in [1.29, 1.82) is 0 Å². The summed E-state index contributed by atoms with van der Waals surface area (Å²) in [5.74, 6) is -0.295. The van der Waals surface area contributed by atoms with Crippen LogP contribution < -0.4 is 4.90 Å². The maximum Gasteiger partial charge on any atom is 0.147 e. The summed E-state index contributed by atoms with van der Waals surface area (Å²) in [5, 5.41) is 9.07. The summed E-state index contributed by atoms with van der Waals surface area (Å²) in [5.41, 5.74) is 2.13. The van der Waals surface area contributed by atoms with Crippen molar-refractivity contribution < 1.29 is 9.50 Å². The van der Waals surface area contributed by atoms with E-state index in [0.29, 0.717) is 11.3 Å². The maximum atomic E-state index is 14.2. The van der Waals surface area contributed by atoms with Gasteiger partial charge < -0.3 is 10.0 Å². The fraction of sp³-hybridized carbons (Fsp3) is 0.294.